The summed E-state index contributed by atoms with van der Waals surface area (Å²) in [6.45, 7) is 6.42. The number of hydrogen-bond donors (Lipinski definition) is 0. The number of allylic oxidation sites excluding steroid dienone is 1. The summed E-state index contributed by atoms with van der Waals surface area (Å²) in [5.74, 6) is 0.759. The molecule has 0 spiro atoms. The number of methoxy groups -OCH3 is 1. The third-order valence-corrected chi connectivity index (χ3v) is 3.84. The quantitative estimate of drug-likeness (QED) is 0.573. The molecule has 0 aromatic rings. The number of rotatable bonds is 2. The van der Waals surface area contributed by atoms with Gasteiger partial charge in [-0.05, 0) is 30.6 Å². The van der Waals surface area contributed by atoms with E-state index in [4.69, 9.17) is 4.74 Å². The second kappa shape index (κ2) is 2.59. The van der Waals surface area contributed by atoms with Crippen molar-refractivity contribution < 1.29 is 4.74 Å². The monoisotopic (exact) mass is 166 g/mol. The van der Waals surface area contributed by atoms with Gasteiger partial charge in [0.1, 0.15) is 0 Å². The summed E-state index contributed by atoms with van der Waals surface area (Å²) in [6, 6.07) is 0. The molecule has 2 fully saturated rings. The van der Waals surface area contributed by atoms with Crippen molar-refractivity contribution in [3.8, 4) is 0 Å². The molecule has 2 aliphatic rings. The molecule has 3 unspecified atom stereocenters. The molecular weight excluding hydrogens is 148 g/mol. The predicted octanol–water partition coefficient (Wildman–Crippen LogP) is 2.77. The lowest BCUT2D eigenvalue weighted by Crippen LogP contribution is -2.23. The van der Waals surface area contributed by atoms with Gasteiger partial charge >= 0.3 is 0 Å². The smallest absolute Gasteiger partial charge is 0.0607 e. The van der Waals surface area contributed by atoms with Crippen molar-refractivity contribution >= 4 is 0 Å². The second-order valence-electron chi connectivity index (χ2n) is 4.51. The molecule has 0 aliphatic heterocycles. The molecule has 1 heteroatoms. The number of ether oxygens (including phenoxy) is 1. The lowest BCUT2D eigenvalue weighted by atomic mass is 9.87. The number of hydrogen-bond acceptors (Lipinski definition) is 1. The Morgan fingerprint density at radius 2 is 2.17 bits per heavy atom. The van der Waals surface area contributed by atoms with Gasteiger partial charge in [0.2, 0.25) is 0 Å². The first-order valence-electron chi connectivity index (χ1n) is 4.89. The van der Waals surface area contributed by atoms with Gasteiger partial charge in [0.05, 0.1) is 6.10 Å². The highest BCUT2D eigenvalue weighted by Crippen LogP contribution is 2.60. The minimum atomic E-state index is 0.442. The van der Waals surface area contributed by atoms with Crippen LogP contribution in [0.15, 0.2) is 12.2 Å². The van der Waals surface area contributed by atoms with E-state index in [9.17, 15) is 0 Å². The van der Waals surface area contributed by atoms with Crippen LogP contribution in [0.25, 0.3) is 0 Å². The van der Waals surface area contributed by atoms with E-state index in [2.05, 4.69) is 13.5 Å². The van der Waals surface area contributed by atoms with Crippen LogP contribution in [0.2, 0.25) is 0 Å². The fourth-order valence-corrected chi connectivity index (χ4v) is 2.73. The van der Waals surface area contributed by atoms with Crippen molar-refractivity contribution in [2.45, 2.75) is 38.7 Å². The van der Waals surface area contributed by atoms with E-state index in [1.54, 1.807) is 0 Å². The Morgan fingerprint density at radius 3 is 2.67 bits per heavy atom. The van der Waals surface area contributed by atoms with Crippen molar-refractivity contribution in [1.82, 2.24) is 0 Å². The molecule has 2 saturated carbocycles. The molecule has 2 rings (SSSR count). The van der Waals surface area contributed by atoms with Gasteiger partial charge in [-0.15, -0.1) is 0 Å². The van der Waals surface area contributed by atoms with Crippen molar-refractivity contribution in [2.24, 2.45) is 11.3 Å². The van der Waals surface area contributed by atoms with E-state index in [1.165, 1.54) is 31.3 Å². The fraction of sp³-hybridized carbons (Fsp3) is 0.818. The van der Waals surface area contributed by atoms with E-state index < -0.39 is 0 Å². The van der Waals surface area contributed by atoms with Crippen molar-refractivity contribution in [3.63, 3.8) is 0 Å². The Labute approximate surface area is 74.8 Å². The minimum absolute atomic E-state index is 0.442. The fourth-order valence-electron chi connectivity index (χ4n) is 2.73. The Morgan fingerprint density at radius 1 is 1.50 bits per heavy atom. The molecule has 0 radical (unpaired) electrons. The maximum Gasteiger partial charge on any atom is 0.0607 e. The lowest BCUT2D eigenvalue weighted by Gasteiger charge is -2.24. The average molecular weight is 166 g/mol. The molecule has 12 heavy (non-hydrogen) atoms. The summed E-state index contributed by atoms with van der Waals surface area (Å²) in [7, 11) is 1.84. The largest absolute Gasteiger partial charge is 0.381 e. The minimum Gasteiger partial charge on any atom is -0.381 e. The van der Waals surface area contributed by atoms with Crippen LogP contribution in [-0.2, 0) is 4.74 Å². The molecule has 0 amide bonds. The van der Waals surface area contributed by atoms with Gasteiger partial charge in [0, 0.05) is 7.11 Å². The molecule has 2 aliphatic carbocycles. The summed E-state index contributed by atoms with van der Waals surface area (Å²) in [6.07, 6.45) is 5.68. The summed E-state index contributed by atoms with van der Waals surface area (Å²) in [4.78, 5) is 0. The highest BCUT2D eigenvalue weighted by atomic mass is 16.5. The Hall–Kier alpha value is -0.300. The maximum absolute atomic E-state index is 5.50. The van der Waals surface area contributed by atoms with Gasteiger partial charge in [-0.2, -0.15) is 0 Å². The van der Waals surface area contributed by atoms with Gasteiger partial charge in [-0.1, -0.05) is 25.5 Å². The van der Waals surface area contributed by atoms with Crippen LogP contribution in [0.3, 0.4) is 0 Å². The topological polar surface area (TPSA) is 9.23 Å². The second-order valence-corrected chi connectivity index (χ2v) is 4.51. The predicted molar refractivity (Wildman–Crippen MR) is 50.0 cm³/mol. The van der Waals surface area contributed by atoms with Crippen molar-refractivity contribution in [2.75, 3.05) is 7.11 Å². The Bertz CT molecular complexity index is 209. The molecule has 0 aromatic carbocycles. The van der Waals surface area contributed by atoms with Crippen LogP contribution in [-0.4, -0.2) is 13.2 Å². The molecule has 68 valence electrons. The van der Waals surface area contributed by atoms with Gasteiger partial charge in [-0.25, -0.2) is 0 Å². The van der Waals surface area contributed by atoms with E-state index in [0.717, 1.165) is 5.92 Å². The molecule has 3 atom stereocenters. The van der Waals surface area contributed by atoms with Gasteiger partial charge in [0.25, 0.3) is 0 Å². The van der Waals surface area contributed by atoms with Gasteiger partial charge in [0.15, 0.2) is 0 Å². The van der Waals surface area contributed by atoms with E-state index in [1.807, 2.05) is 7.11 Å². The van der Waals surface area contributed by atoms with Gasteiger partial charge in [-0.3, -0.25) is 0 Å². The summed E-state index contributed by atoms with van der Waals surface area (Å²) in [5, 5.41) is 0. The highest BCUT2D eigenvalue weighted by Gasteiger charge is 2.52. The van der Waals surface area contributed by atoms with Crippen molar-refractivity contribution in [1.29, 1.82) is 0 Å². The molecule has 1 nitrogen and oxygen atoms in total. The van der Waals surface area contributed by atoms with E-state index >= 15 is 0 Å². The third-order valence-electron chi connectivity index (χ3n) is 3.84. The zero-order valence-electron chi connectivity index (χ0n) is 8.10. The molecule has 0 heterocycles. The summed E-state index contributed by atoms with van der Waals surface area (Å²) in [5.41, 5.74) is 1.88. The maximum atomic E-state index is 5.50. The average Bonchev–Trinajstić information content (AvgIpc) is 2.56. The van der Waals surface area contributed by atoms with Gasteiger partial charge < -0.3 is 4.74 Å². The first-order chi connectivity index (χ1) is 5.68. The van der Waals surface area contributed by atoms with E-state index in [-0.39, 0.29) is 0 Å². The Kier molecular flexibility index (Phi) is 1.80. The lowest BCUT2D eigenvalue weighted by molar-refractivity contribution is 0.0479. The molecular formula is C11H18O. The van der Waals surface area contributed by atoms with Crippen LogP contribution >= 0.6 is 0 Å². The first kappa shape index (κ1) is 8.31. The molecule has 0 saturated heterocycles. The zero-order chi connectivity index (χ0) is 8.77. The van der Waals surface area contributed by atoms with E-state index in [0.29, 0.717) is 11.5 Å². The highest BCUT2D eigenvalue weighted by molar-refractivity contribution is 5.30. The van der Waals surface area contributed by atoms with Crippen LogP contribution in [0, 0.1) is 11.3 Å². The first-order valence-corrected chi connectivity index (χ1v) is 4.89. The summed E-state index contributed by atoms with van der Waals surface area (Å²) < 4.78 is 5.50. The third kappa shape index (κ3) is 1.03. The van der Waals surface area contributed by atoms with Crippen LogP contribution in [0.1, 0.15) is 32.6 Å². The normalized spacial score (nSPS) is 46.7. The molecule has 0 aromatic heterocycles. The van der Waals surface area contributed by atoms with Crippen molar-refractivity contribution in [3.05, 3.63) is 12.2 Å². The summed E-state index contributed by atoms with van der Waals surface area (Å²) >= 11 is 0. The SMILES string of the molecule is C=C1CC1(C)C1CCCC1OC. The van der Waals surface area contributed by atoms with Crippen LogP contribution < -0.4 is 0 Å². The standard InChI is InChI=1S/C11H18O/c1-8-7-11(8,2)9-5-4-6-10(9)12-3/h9-10H,1,4-7H2,2-3H3. The van der Waals surface area contributed by atoms with Crippen LogP contribution in [0.4, 0.5) is 0 Å². The van der Waals surface area contributed by atoms with Crippen LogP contribution in [0.5, 0.6) is 0 Å². The molecule has 0 N–H and O–H groups in total. The zero-order valence-corrected chi connectivity index (χ0v) is 8.10. The molecule has 0 bridgehead atoms. The Balaban J connectivity index is 2.08.